The van der Waals surface area contributed by atoms with Crippen LogP contribution in [-0.2, 0) is 0 Å². The van der Waals surface area contributed by atoms with Crippen LogP contribution in [-0.4, -0.2) is 58.0 Å². The molecule has 0 unspecified atom stereocenters. The number of aromatic carboxylic acids is 1. The zero-order chi connectivity index (χ0) is 17.1. The molecule has 7 heteroatoms. The van der Waals surface area contributed by atoms with E-state index in [-0.39, 0.29) is 11.5 Å². The highest BCUT2D eigenvalue weighted by Crippen LogP contribution is 2.15. The second kappa shape index (κ2) is 6.66. The van der Waals surface area contributed by atoms with Crippen molar-refractivity contribution in [1.82, 2.24) is 14.9 Å². The molecule has 1 aromatic heterocycles. The summed E-state index contributed by atoms with van der Waals surface area (Å²) in [5.41, 5.74) is 0.682. The number of carboxylic acid groups (broad SMARTS) is 1. The highest BCUT2D eigenvalue weighted by Gasteiger charge is 2.23. The summed E-state index contributed by atoms with van der Waals surface area (Å²) < 4.78 is 0. The number of carbonyl (C=O) groups is 2. The summed E-state index contributed by atoms with van der Waals surface area (Å²) in [6, 6.07) is 7.90. The number of aromatic nitrogens is 2. The molecule has 0 radical (unpaired) electrons. The standard InChI is InChI=1S/C17H18N4O3/c1-12-18-7-6-15(19-12)20-8-10-21(11-9-20)16(22)13-2-4-14(5-3-13)17(23)24/h2-7H,8-11H2,1H3,(H,23,24). The minimum Gasteiger partial charge on any atom is -0.478 e. The Kier molecular flexibility index (Phi) is 4.41. The molecule has 1 saturated heterocycles. The van der Waals surface area contributed by atoms with Crippen molar-refractivity contribution in [2.24, 2.45) is 0 Å². The van der Waals surface area contributed by atoms with Gasteiger partial charge in [-0.05, 0) is 37.3 Å². The fourth-order valence-corrected chi connectivity index (χ4v) is 2.70. The zero-order valence-electron chi connectivity index (χ0n) is 13.3. The average Bonchev–Trinajstić information content (AvgIpc) is 2.61. The van der Waals surface area contributed by atoms with Gasteiger partial charge in [-0.3, -0.25) is 4.79 Å². The van der Waals surface area contributed by atoms with E-state index in [0.717, 1.165) is 11.6 Å². The lowest BCUT2D eigenvalue weighted by atomic mass is 10.1. The van der Waals surface area contributed by atoms with E-state index >= 15 is 0 Å². The van der Waals surface area contributed by atoms with Gasteiger partial charge in [-0.15, -0.1) is 0 Å². The highest BCUT2D eigenvalue weighted by atomic mass is 16.4. The Bertz CT molecular complexity index is 753. The second-order valence-electron chi connectivity index (χ2n) is 5.62. The molecule has 0 atom stereocenters. The van der Waals surface area contributed by atoms with E-state index in [4.69, 9.17) is 5.11 Å². The molecule has 1 aromatic carbocycles. The zero-order valence-corrected chi connectivity index (χ0v) is 13.3. The maximum Gasteiger partial charge on any atom is 0.335 e. The van der Waals surface area contributed by atoms with Gasteiger partial charge in [-0.25, -0.2) is 14.8 Å². The molecular formula is C17H18N4O3. The van der Waals surface area contributed by atoms with E-state index in [1.165, 1.54) is 12.1 Å². The molecule has 0 aliphatic carbocycles. The summed E-state index contributed by atoms with van der Waals surface area (Å²) >= 11 is 0. The molecule has 1 N–H and O–H groups in total. The van der Waals surface area contributed by atoms with Crippen molar-refractivity contribution in [3.05, 3.63) is 53.5 Å². The van der Waals surface area contributed by atoms with E-state index in [2.05, 4.69) is 14.9 Å². The van der Waals surface area contributed by atoms with E-state index in [0.29, 0.717) is 31.7 Å². The van der Waals surface area contributed by atoms with Crippen LogP contribution >= 0.6 is 0 Å². The molecule has 124 valence electrons. The van der Waals surface area contributed by atoms with Crippen LogP contribution in [0, 0.1) is 6.92 Å². The first-order valence-electron chi connectivity index (χ1n) is 7.72. The first-order valence-corrected chi connectivity index (χ1v) is 7.72. The first kappa shape index (κ1) is 15.9. The summed E-state index contributed by atoms with van der Waals surface area (Å²) in [4.78, 5) is 35.8. The number of anilines is 1. The van der Waals surface area contributed by atoms with Crippen LogP contribution in [0.3, 0.4) is 0 Å². The van der Waals surface area contributed by atoms with E-state index in [9.17, 15) is 9.59 Å². The minimum atomic E-state index is -0.997. The van der Waals surface area contributed by atoms with E-state index < -0.39 is 5.97 Å². The fraction of sp³-hybridized carbons (Fsp3) is 0.294. The highest BCUT2D eigenvalue weighted by molar-refractivity contribution is 5.96. The summed E-state index contributed by atoms with van der Waals surface area (Å²) in [6.07, 6.45) is 1.74. The molecule has 0 saturated carbocycles. The molecule has 24 heavy (non-hydrogen) atoms. The van der Waals surface area contributed by atoms with Crippen molar-refractivity contribution in [3.63, 3.8) is 0 Å². The normalized spacial score (nSPS) is 14.5. The third-order valence-corrected chi connectivity index (χ3v) is 4.03. The average molecular weight is 326 g/mol. The van der Waals surface area contributed by atoms with Gasteiger partial charge < -0.3 is 14.9 Å². The lowest BCUT2D eigenvalue weighted by Gasteiger charge is -2.35. The van der Waals surface area contributed by atoms with Gasteiger partial charge in [0.2, 0.25) is 0 Å². The van der Waals surface area contributed by atoms with Gasteiger partial charge in [0.05, 0.1) is 5.56 Å². The Hall–Kier alpha value is -2.96. The molecule has 1 amide bonds. The first-order chi connectivity index (χ1) is 11.5. The molecule has 1 fully saturated rings. The SMILES string of the molecule is Cc1nccc(N2CCN(C(=O)c3ccc(C(=O)O)cc3)CC2)n1. The van der Waals surface area contributed by atoms with Crippen molar-refractivity contribution in [2.45, 2.75) is 6.92 Å². The monoisotopic (exact) mass is 326 g/mol. The van der Waals surface area contributed by atoms with Crippen LogP contribution in [0.15, 0.2) is 36.5 Å². The number of carboxylic acids is 1. The Balaban J connectivity index is 1.63. The molecule has 1 aliphatic rings. The smallest absolute Gasteiger partial charge is 0.335 e. The predicted octanol–water partition coefficient (Wildman–Crippen LogP) is 1.45. The molecule has 3 rings (SSSR count). The van der Waals surface area contributed by atoms with Gasteiger partial charge in [-0.1, -0.05) is 0 Å². The topological polar surface area (TPSA) is 86.6 Å². The number of hydrogen-bond acceptors (Lipinski definition) is 5. The van der Waals surface area contributed by atoms with Crippen LogP contribution in [0.25, 0.3) is 0 Å². The van der Waals surface area contributed by atoms with Crippen LogP contribution in [0.4, 0.5) is 5.82 Å². The molecule has 1 aliphatic heterocycles. The number of benzene rings is 1. The number of rotatable bonds is 3. The van der Waals surface area contributed by atoms with Crippen molar-refractivity contribution < 1.29 is 14.7 Å². The summed E-state index contributed by atoms with van der Waals surface area (Å²) in [7, 11) is 0. The van der Waals surface area contributed by atoms with Gasteiger partial charge >= 0.3 is 5.97 Å². The molecule has 0 bridgehead atoms. The Morgan fingerprint density at radius 1 is 1.00 bits per heavy atom. The Morgan fingerprint density at radius 2 is 1.62 bits per heavy atom. The molecule has 2 heterocycles. The van der Waals surface area contributed by atoms with Crippen molar-refractivity contribution >= 4 is 17.7 Å². The van der Waals surface area contributed by atoms with Crippen LogP contribution in [0.2, 0.25) is 0 Å². The molecular weight excluding hydrogens is 308 g/mol. The van der Waals surface area contributed by atoms with Crippen LogP contribution in [0.1, 0.15) is 26.5 Å². The second-order valence-corrected chi connectivity index (χ2v) is 5.62. The quantitative estimate of drug-likeness (QED) is 0.918. The Morgan fingerprint density at radius 3 is 2.21 bits per heavy atom. The number of nitrogens with zero attached hydrogens (tertiary/aromatic N) is 4. The largest absolute Gasteiger partial charge is 0.478 e. The lowest BCUT2D eigenvalue weighted by molar-refractivity contribution is 0.0693. The predicted molar refractivity (Wildman–Crippen MR) is 88.3 cm³/mol. The van der Waals surface area contributed by atoms with Gasteiger partial charge in [-0.2, -0.15) is 0 Å². The van der Waals surface area contributed by atoms with Crippen LogP contribution in [0.5, 0.6) is 0 Å². The third kappa shape index (κ3) is 3.34. The number of hydrogen-bond donors (Lipinski definition) is 1. The number of amides is 1. The van der Waals surface area contributed by atoms with Gasteiger partial charge in [0.15, 0.2) is 0 Å². The molecule has 2 aromatic rings. The van der Waals surface area contributed by atoms with Crippen molar-refractivity contribution in [1.29, 1.82) is 0 Å². The maximum absolute atomic E-state index is 12.5. The van der Waals surface area contributed by atoms with Crippen molar-refractivity contribution in [3.8, 4) is 0 Å². The third-order valence-electron chi connectivity index (χ3n) is 4.03. The fourth-order valence-electron chi connectivity index (χ4n) is 2.70. The summed E-state index contributed by atoms with van der Waals surface area (Å²) in [5, 5.41) is 8.91. The van der Waals surface area contributed by atoms with E-state index in [1.54, 1.807) is 23.2 Å². The molecule has 7 nitrogen and oxygen atoms in total. The van der Waals surface area contributed by atoms with Crippen molar-refractivity contribution in [2.75, 3.05) is 31.1 Å². The number of piperazine rings is 1. The maximum atomic E-state index is 12.5. The number of carbonyl (C=O) groups excluding carboxylic acids is 1. The molecule has 0 spiro atoms. The Labute approximate surface area is 139 Å². The van der Waals surface area contributed by atoms with Gasteiger partial charge in [0.25, 0.3) is 5.91 Å². The summed E-state index contributed by atoms with van der Waals surface area (Å²) in [6.45, 7) is 4.46. The van der Waals surface area contributed by atoms with Gasteiger partial charge in [0, 0.05) is 37.9 Å². The van der Waals surface area contributed by atoms with Crippen LogP contribution < -0.4 is 4.90 Å². The number of aryl methyl sites for hydroxylation is 1. The summed E-state index contributed by atoms with van der Waals surface area (Å²) in [5.74, 6) is 0.526. The van der Waals surface area contributed by atoms with Gasteiger partial charge in [0.1, 0.15) is 11.6 Å². The minimum absolute atomic E-state index is 0.0783. The lowest BCUT2D eigenvalue weighted by Crippen LogP contribution is -2.49. The van der Waals surface area contributed by atoms with E-state index in [1.807, 2.05) is 13.0 Å².